The average molecular weight is 318 g/mol. The molecule has 1 atom stereocenters. The van der Waals surface area contributed by atoms with Crippen molar-refractivity contribution in [3.63, 3.8) is 0 Å². The lowest BCUT2D eigenvalue weighted by atomic mass is 9.90. The number of methoxy groups -OCH3 is 1. The lowest BCUT2D eigenvalue weighted by Crippen LogP contribution is -2.38. The molecule has 0 saturated carbocycles. The molecule has 1 N–H and O–H groups in total. The maximum absolute atomic E-state index is 6.30. The molecule has 1 aromatic carbocycles. The molecular weight excluding hydrogens is 288 g/mol. The highest BCUT2D eigenvalue weighted by molar-refractivity contribution is 5.47. The maximum Gasteiger partial charge on any atom is 0.163 e. The van der Waals surface area contributed by atoms with Crippen LogP contribution >= 0.6 is 0 Å². The molecule has 128 valence electrons. The Morgan fingerprint density at radius 1 is 1.22 bits per heavy atom. The zero-order valence-corrected chi connectivity index (χ0v) is 14.5. The van der Waals surface area contributed by atoms with Crippen LogP contribution in [-0.2, 0) is 6.42 Å². The van der Waals surface area contributed by atoms with E-state index in [2.05, 4.69) is 35.5 Å². The molecule has 2 saturated heterocycles. The summed E-state index contributed by atoms with van der Waals surface area (Å²) in [6.45, 7) is 4.45. The monoisotopic (exact) mass is 318 g/mol. The normalized spacial score (nSPS) is 23.7. The van der Waals surface area contributed by atoms with Gasteiger partial charge in [-0.05, 0) is 76.3 Å². The van der Waals surface area contributed by atoms with Gasteiger partial charge in [-0.1, -0.05) is 12.1 Å². The van der Waals surface area contributed by atoms with Gasteiger partial charge in [-0.25, -0.2) is 0 Å². The molecule has 0 aliphatic carbocycles. The number of nitrogens with one attached hydrogen (secondary N) is 1. The van der Waals surface area contributed by atoms with E-state index < -0.39 is 0 Å². The third-order valence-electron chi connectivity index (χ3n) is 5.11. The van der Waals surface area contributed by atoms with Crippen molar-refractivity contribution in [2.45, 2.75) is 38.2 Å². The molecule has 2 heterocycles. The van der Waals surface area contributed by atoms with Crippen LogP contribution in [0.1, 0.15) is 31.2 Å². The summed E-state index contributed by atoms with van der Waals surface area (Å²) in [5.74, 6) is 2.61. The van der Waals surface area contributed by atoms with Gasteiger partial charge >= 0.3 is 0 Å². The molecule has 4 nitrogen and oxygen atoms in total. The van der Waals surface area contributed by atoms with Crippen molar-refractivity contribution < 1.29 is 9.47 Å². The van der Waals surface area contributed by atoms with Crippen LogP contribution in [0.5, 0.6) is 11.5 Å². The molecule has 1 unspecified atom stereocenters. The number of benzene rings is 1. The maximum atomic E-state index is 6.30. The van der Waals surface area contributed by atoms with Crippen LogP contribution in [0.25, 0.3) is 0 Å². The molecule has 0 aromatic heterocycles. The number of ether oxygens (including phenoxy) is 2. The highest BCUT2D eigenvalue weighted by Gasteiger charge is 2.22. The first kappa shape index (κ1) is 16.6. The molecule has 2 aliphatic rings. The first-order valence-electron chi connectivity index (χ1n) is 8.98. The zero-order chi connectivity index (χ0) is 16.1. The Balaban J connectivity index is 1.70. The summed E-state index contributed by atoms with van der Waals surface area (Å²) in [7, 11) is 3.93. The Labute approximate surface area is 140 Å². The second-order valence-electron chi connectivity index (χ2n) is 6.99. The number of rotatable bonds is 5. The van der Waals surface area contributed by atoms with Crippen molar-refractivity contribution in [1.29, 1.82) is 0 Å². The molecule has 1 aromatic rings. The number of para-hydroxylation sites is 1. The topological polar surface area (TPSA) is 33.7 Å². The second kappa shape index (κ2) is 8.02. The Morgan fingerprint density at radius 3 is 2.78 bits per heavy atom. The molecule has 0 spiro atoms. The SMILES string of the molecule is COc1c(CC2CCNCC2)cccc1OC1CCCN(C)C1. The van der Waals surface area contributed by atoms with Gasteiger partial charge < -0.3 is 19.7 Å². The fourth-order valence-corrected chi connectivity index (χ4v) is 3.84. The van der Waals surface area contributed by atoms with Crippen LogP contribution in [0.4, 0.5) is 0 Å². The number of piperidine rings is 2. The van der Waals surface area contributed by atoms with E-state index in [0.717, 1.165) is 49.9 Å². The van der Waals surface area contributed by atoms with Gasteiger partial charge in [-0.15, -0.1) is 0 Å². The molecule has 3 rings (SSSR count). The number of nitrogens with zero attached hydrogens (tertiary/aromatic N) is 1. The van der Waals surface area contributed by atoms with Gasteiger partial charge in [-0.3, -0.25) is 0 Å². The third kappa shape index (κ3) is 4.39. The summed E-state index contributed by atoms with van der Waals surface area (Å²) in [4.78, 5) is 2.35. The average Bonchev–Trinajstić information content (AvgIpc) is 2.56. The van der Waals surface area contributed by atoms with Crippen LogP contribution < -0.4 is 14.8 Å². The van der Waals surface area contributed by atoms with Crippen LogP contribution in [0.3, 0.4) is 0 Å². The molecule has 2 aliphatic heterocycles. The predicted molar refractivity (Wildman–Crippen MR) is 93.4 cm³/mol. The van der Waals surface area contributed by atoms with Gasteiger partial charge in [0.1, 0.15) is 6.10 Å². The third-order valence-corrected chi connectivity index (χ3v) is 5.11. The van der Waals surface area contributed by atoms with E-state index in [1.807, 2.05) is 0 Å². The lowest BCUT2D eigenvalue weighted by Gasteiger charge is -2.31. The summed E-state index contributed by atoms with van der Waals surface area (Å²) in [6.07, 6.45) is 6.21. The smallest absolute Gasteiger partial charge is 0.163 e. The fourth-order valence-electron chi connectivity index (χ4n) is 3.84. The quantitative estimate of drug-likeness (QED) is 0.905. The molecule has 0 radical (unpaired) electrons. The summed E-state index contributed by atoms with van der Waals surface area (Å²) in [5.41, 5.74) is 1.29. The first-order valence-corrected chi connectivity index (χ1v) is 8.98. The van der Waals surface area contributed by atoms with Crippen LogP contribution in [0, 0.1) is 5.92 Å². The lowest BCUT2D eigenvalue weighted by molar-refractivity contribution is 0.101. The Bertz CT molecular complexity index is 500. The van der Waals surface area contributed by atoms with Crippen LogP contribution in [-0.4, -0.2) is 51.3 Å². The van der Waals surface area contributed by atoms with Crippen molar-refractivity contribution in [3.05, 3.63) is 23.8 Å². The van der Waals surface area contributed by atoms with Gasteiger partial charge in [0, 0.05) is 6.54 Å². The Morgan fingerprint density at radius 2 is 2.04 bits per heavy atom. The number of hydrogen-bond acceptors (Lipinski definition) is 4. The number of likely N-dealkylation sites (N-methyl/N-ethyl adjacent to an activating group) is 1. The second-order valence-corrected chi connectivity index (χ2v) is 6.99. The van der Waals surface area contributed by atoms with Crippen molar-refractivity contribution in [2.75, 3.05) is 40.3 Å². The molecule has 4 heteroatoms. The summed E-state index contributed by atoms with van der Waals surface area (Å²) in [5, 5.41) is 3.44. The minimum absolute atomic E-state index is 0.275. The van der Waals surface area contributed by atoms with E-state index in [1.54, 1.807) is 7.11 Å². The standard InChI is InChI=1S/C19H30N2O2/c1-21-12-4-6-17(14-21)23-18-7-3-5-16(19(18)22-2)13-15-8-10-20-11-9-15/h3,5,7,15,17,20H,4,6,8-14H2,1-2H3. The van der Waals surface area contributed by atoms with Crippen molar-refractivity contribution >= 4 is 0 Å². The molecule has 0 amide bonds. The van der Waals surface area contributed by atoms with E-state index in [-0.39, 0.29) is 6.10 Å². The van der Waals surface area contributed by atoms with E-state index in [9.17, 15) is 0 Å². The highest BCUT2D eigenvalue weighted by atomic mass is 16.5. The van der Waals surface area contributed by atoms with Gasteiger partial charge in [0.15, 0.2) is 11.5 Å². The van der Waals surface area contributed by atoms with E-state index in [4.69, 9.17) is 9.47 Å². The Hall–Kier alpha value is -1.26. The summed E-state index contributed by atoms with van der Waals surface area (Å²) >= 11 is 0. The van der Waals surface area contributed by atoms with Crippen LogP contribution in [0.15, 0.2) is 18.2 Å². The predicted octanol–water partition coefficient (Wildman–Crippen LogP) is 2.71. The Kier molecular flexibility index (Phi) is 5.79. The minimum Gasteiger partial charge on any atom is -0.493 e. The minimum atomic E-state index is 0.275. The fraction of sp³-hybridized carbons (Fsp3) is 0.684. The zero-order valence-electron chi connectivity index (χ0n) is 14.5. The van der Waals surface area contributed by atoms with Crippen molar-refractivity contribution in [2.24, 2.45) is 5.92 Å². The molecular formula is C19H30N2O2. The van der Waals surface area contributed by atoms with Gasteiger partial charge in [0.25, 0.3) is 0 Å². The largest absolute Gasteiger partial charge is 0.493 e. The summed E-state index contributed by atoms with van der Waals surface area (Å²) in [6, 6.07) is 6.36. The van der Waals surface area contributed by atoms with Crippen LogP contribution in [0.2, 0.25) is 0 Å². The van der Waals surface area contributed by atoms with E-state index >= 15 is 0 Å². The van der Waals surface area contributed by atoms with Gasteiger partial charge in [-0.2, -0.15) is 0 Å². The first-order chi connectivity index (χ1) is 11.3. The number of likely N-dealkylation sites (tertiary alicyclic amines) is 1. The summed E-state index contributed by atoms with van der Waals surface area (Å²) < 4.78 is 12.0. The molecule has 0 bridgehead atoms. The number of hydrogen-bond donors (Lipinski definition) is 1. The van der Waals surface area contributed by atoms with E-state index in [0.29, 0.717) is 0 Å². The van der Waals surface area contributed by atoms with Gasteiger partial charge in [0.2, 0.25) is 0 Å². The molecule has 23 heavy (non-hydrogen) atoms. The van der Waals surface area contributed by atoms with Crippen molar-refractivity contribution in [3.8, 4) is 11.5 Å². The van der Waals surface area contributed by atoms with E-state index in [1.165, 1.54) is 31.4 Å². The van der Waals surface area contributed by atoms with Crippen molar-refractivity contribution in [1.82, 2.24) is 10.2 Å². The highest BCUT2D eigenvalue weighted by Crippen LogP contribution is 2.35. The van der Waals surface area contributed by atoms with Gasteiger partial charge in [0.05, 0.1) is 7.11 Å². The molecule has 2 fully saturated rings.